The number of allylic oxidation sites excluding steroid dienone is 4. The van der Waals surface area contributed by atoms with Gasteiger partial charge in [-0.1, -0.05) is 88.4 Å². The van der Waals surface area contributed by atoms with E-state index < -0.39 is 0 Å². The Morgan fingerprint density at radius 2 is 1.68 bits per heavy atom. The van der Waals surface area contributed by atoms with Gasteiger partial charge in [0.25, 0.3) is 0 Å². The first-order valence-electron chi connectivity index (χ1n) is 12.2. The highest BCUT2D eigenvalue weighted by Gasteiger charge is 2.20. The van der Waals surface area contributed by atoms with Crippen LogP contribution in [0.15, 0.2) is 96.2 Å². The Balaban J connectivity index is 2.11. The van der Waals surface area contributed by atoms with E-state index in [4.69, 9.17) is 9.72 Å². The zero-order valence-electron chi connectivity index (χ0n) is 21.4. The molecule has 0 bridgehead atoms. The number of nitrogens with one attached hydrogen (secondary N) is 1. The van der Waals surface area contributed by atoms with E-state index in [0.717, 1.165) is 29.1 Å². The average molecular weight is 455 g/mol. The number of hydrogen-bond donors (Lipinski definition) is 1. The molecule has 0 amide bonds. The topological polar surface area (TPSA) is 34.1 Å². The number of pyridine rings is 1. The maximum absolute atomic E-state index is 5.43. The third-order valence-corrected chi connectivity index (χ3v) is 5.81. The molecule has 34 heavy (non-hydrogen) atoms. The number of methoxy groups -OCH3 is 1. The normalized spacial score (nSPS) is 13.3. The summed E-state index contributed by atoms with van der Waals surface area (Å²) in [5.41, 5.74) is 6.81. The summed E-state index contributed by atoms with van der Waals surface area (Å²) in [5.74, 6) is 1.79. The van der Waals surface area contributed by atoms with E-state index in [1.54, 1.807) is 7.11 Å². The molecule has 3 nitrogen and oxygen atoms in total. The predicted octanol–water partition coefficient (Wildman–Crippen LogP) is 7.97. The van der Waals surface area contributed by atoms with Crippen molar-refractivity contribution in [3.8, 4) is 17.0 Å². The van der Waals surface area contributed by atoms with Crippen molar-refractivity contribution in [3.63, 3.8) is 0 Å². The zero-order chi connectivity index (χ0) is 24.5. The fourth-order valence-electron chi connectivity index (χ4n) is 4.19. The van der Waals surface area contributed by atoms with Gasteiger partial charge in [-0.2, -0.15) is 0 Å². The van der Waals surface area contributed by atoms with Crippen molar-refractivity contribution in [2.75, 3.05) is 7.11 Å². The third kappa shape index (κ3) is 6.60. The summed E-state index contributed by atoms with van der Waals surface area (Å²) in [6.45, 7) is 11.2. The van der Waals surface area contributed by atoms with Gasteiger partial charge in [-0.25, -0.2) is 0 Å². The Kier molecular flexibility index (Phi) is 9.09. The highest BCUT2D eigenvalue weighted by molar-refractivity contribution is 5.61. The Morgan fingerprint density at radius 1 is 0.941 bits per heavy atom. The van der Waals surface area contributed by atoms with E-state index in [9.17, 15) is 0 Å². The maximum atomic E-state index is 5.43. The standard InChI is InChI=1S/C31H38N2O/c1-7-13-27(23(4)5)30(20-22(2)3)33-31(24-14-9-8-10-15-24)29-19-12-18-28(32-29)25-16-11-17-26(21-25)34-6/h7-19,21-23,31,33H,20H2,1-6H3/b13-7-,30-27-. The third-order valence-electron chi connectivity index (χ3n) is 5.81. The van der Waals surface area contributed by atoms with Crippen LogP contribution in [0, 0.1) is 11.8 Å². The lowest BCUT2D eigenvalue weighted by molar-refractivity contribution is 0.415. The monoisotopic (exact) mass is 454 g/mol. The fraction of sp³-hybridized carbons (Fsp3) is 0.323. The SMILES string of the molecule is C/C=C\C(=C(/CC(C)C)NC(c1ccccc1)c1cccc(-c2cccc(OC)c2)n1)C(C)C. The first kappa shape index (κ1) is 25.3. The van der Waals surface area contributed by atoms with Crippen LogP contribution in [0.3, 0.4) is 0 Å². The van der Waals surface area contributed by atoms with Gasteiger partial charge in [-0.3, -0.25) is 4.98 Å². The van der Waals surface area contributed by atoms with Crippen LogP contribution >= 0.6 is 0 Å². The number of benzene rings is 2. The number of rotatable bonds is 10. The zero-order valence-corrected chi connectivity index (χ0v) is 21.4. The molecular weight excluding hydrogens is 416 g/mol. The Hall–Kier alpha value is -3.33. The molecular formula is C31H38N2O. The van der Waals surface area contributed by atoms with Gasteiger partial charge in [0.1, 0.15) is 5.75 Å². The number of nitrogens with zero attached hydrogens (tertiary/aromatic N) is 1. The summed E-state index contributed by atoms with van der Waals surface area (Å²) in [7, 11) is 1.69. The van der Waals surface area contributed by atoms with Crippen molar-refractivity contribution in [1.29, 1.82) is 0 Å². The fourth-order valence-corrected chi connectivity index (χ4v) is 4.19. The highest BCUT2D eigenvalue weighted by atomic mass is 16.5. The highest BCUT2D eigenvalue weighted by Crippen LogP contribution is 2.29. The van der Waals surface area contributed by atoms with Crippen LogP contribution in [-0.2, 0) is 0 Å². The summed E-state index contributed by atoms with van der Waals surface area (Å²) >= 11 is 0. The van der Waals surface area contributed by atoms with Crippen LogP contribution < -0.4 is 10.1 Å². The van der Waals surface area contributed by atoms with Gasteiger partial charge in [0.15, 0.2) is 0 Å². The summed E-state index contributed by atoms with van der Waals surface area (Å²) in [5, 5.41) is 3.93. The molecule has 0 radical (unpaired) electrons. The van der Waals surface area contributed by atoms with E-state index in [1.807, 2.05) is 18.2 Å². The smallest absolute Gasteiger partial charge is 0.119 e. The molecule has 1 aromatic heterocycles. The Labute approximate surface area is 205 Å². The maximum Gasteiger partial charge on any atom is 0.119 e. The van der Waals surface area contributed by atoms with Gasteiger partial charge in [0, 0.05) is 11.3 Å². The van der Waals surface area contributed by atoms with E-state index in [1.165, 1.54) is 16.8 Å². The van der Waals surface area contributed by atoms with Crippen LogP contribution in [0.25, 0.3) is 11.3 Å². The van der Waals surface area contributed by atoms with Crippen molar-refractivity contribution >= 4 is 0 Å². The Morgan fingerprint density at radius 3 is 2.32 bits per heavy atom. The molecule has 3 rings (SSSR count). The second-order valence-electron chi connectivity index (χ2n) is 9.35. The molecule has 1 heterocycles. The Bertz CT molecular complexity index is 1110. The lowest BCUT2D eigenvalue weighted by Crippen LogP contribution is -2.26. The van der Waals surface area contributed by atoms with Crippen LogP contribution in [0.1, 0.15) is 58.3 Å². The van der Waals surface area contributed by atoms with Crippen molar-refractivity contribution in [1.82, 2.24) is 10.3 Å². The molecule has 2 aromatic carbocycles. The lowest BCUT2D eigenvalue weighted by atomic mass is 9.93. The van der Waals surface area contributed by atoms with Gasteiger partial charge in [-0.05, 0) is 60.6 Å². The first-order valence-corrected chi connectivity index (χ1v) is 12.2. The summed E-state index contributed by atoms with van der Waals surface area (Å²) in [4.78, 5) is 5.12. The molecule has 178 valence electrons. The quantitative estimate of drug-likeness (QED) is 0.315. The summed E-state index contributed by atoms with van der Waals surface area (Å²) < 4.78 is 5.43. The lowest BCUT2D eigenvalue weighted by Gasteiger charge is -2.26. The molecule has 0 aliphatic carbocycles. The molecule has 0 spiro atoms. The van der Waals surface area contributed by atoms with Crippen LogP contribution in [0.2, 0.25) is 0 Å². The van der Waals surface area contributed by atoms with Gasteiger partial charge in [0.2, 0.25) is 0 Å². The minimum Gasteiger partial charge on any atom is -0.497 e. The van der Waals surface area contributed by atoms with Crippen LogP contribution in [-0.4, -0.2) is 12.1 Å². The summed E-state index contributed by atoms with van der Waals surface area (Å²) in [6.07, 6.45) is 5.37. The van der Waals surface area contributed by atoms with Crippen molar-refractivity contribution in [2.45, 2.75) is 47.1 Å². The number of ether oxygens (including phenoxy) is 1. The van der Waals surface area contributed by atoms with Gasteiger partial charge in [0.05, 0.1) is 24.5 Å². The molecule has 0 fully saturated rings. The van der Waals surface area contributed by atoms with Gasteiger partial charge >= 0.3 is 0 Å². The van der Waals surface area contributed by atoms with E-state index in [-0.39, 0.29) is 6.04 Å². The molecule has 0 saturated heterocycles. The van der Waals surface area contributed by atoms with Crippen molar-refractivity contribution in [2.24, 2.45) is 11.8 Å². The van der Waals surface area contributed by atoms with E-state index >= 15 is 0 Å². The van der Waals surface area contributed by atoms with Crippen LogP contribution in [0.5, 0.6) is 5.75 Å². The van der Waals surface area contributed by atoms with Gasteiger partial charge < -0.3 is 10.1 Å². The molecule has 1 unspecified atom stereocenters. The summed E-state index contributed by atoms with van der Waals surface area (Å²) in [6, 6.07) is 24.9. The number of aromatic nitrogens is 1. The minimum absolute atomic E-state index is 0.0560. The largest absolute Gasteiger partial charge is 0.497 e. The van der Waals surface area contributed by atoms with Crippen molar-refractivity contribution < 1.29 is 4.74 Å². The molecule has 1 N–H and O–H groups in total. The predicted molar refractivity (Wildman–Crippen MR) is 144 cm³/mol. The molecule has 1 atom stereocenters. The molecule has 3 aromatic rings. The molecule has 0 aliphatic rings. The average Bonchev–Trinajstić information content (AvgIpc) is 2.85. The minimum atomic E-state index is -0.0560. The first-order chi connectivity index (χ1) is 16.4. The molecule has 3 heteroatoms. The molecule has 0 aliphatic heterocycles. The van der Waals surface area contributed by atoms with Crippen LogP contribution in [0.4, 0.5) is 0 Å². The van der Waals surface area contributed by atoms with Gasteiger partial charge in [-0.15, -0.1) is 0 Å². The second kappa shape index (κ2) is 12.2. The number of hydrogen-bond acceptors (Lipinski definition) is 3. The van der Waals surface area contributed by atoms with E-state index in [2.05, 4.69) is 107 Å². The molecule has 0 saturated carbocycles. The second-order valence-corrected chi connectivity index (χ2v) is 9.35. The van der Waals surface area contributed by atoms with Crippen molar-refractivity contribution in [3.05, 3.63) is 107 Å². The van der Waals surface area contributed by atoms with E-state index in [0.29, 0.717) is 11.8 Å².